The molecule has 2 aromatic heterocycles. The van der Waals surface area contributed by atoms with Crippen molar-refractivity contribution >= 4 is 28.2 Å². The lowest BCUT2D eigenvalue weighted by Gasteiger charge is -2.10. The van der Waals surface area contributed by atoms with E-state index in [0.29, 0.717) is 22.9 Å². The molecule has 0 saturated carbocycles. The number of rotatable bonds is 6. The quantitative estimate of drug-likeness (QED) is 0.481. The van der Waals surface area contributed by atoms with Crippen molar-refractivity contribution in [2.24, 2.45) is 0 Å². The number of thiazole rings is 1. The number of carbonyl (C=O) groups is 1. The molecule has 0 atom stereocenters. The Bertz CT molecular complexity index is 1100. The average molecular weight is 394 g/mol. The first-order chi connectivity index (χ1) is 13.7. The first-order valence-corrected chi connectivity index (χ1v) is 9.48. The van der Waals surface area contributed by atoms with Crippen LogP contribution in [0.15, 0.2) is 53.9 Å². The van der Waals surface area contributed by atoms with Gasteiger partial charge in [0.25, 0.3) is 0 Å². The van der Waals surface area contributed by atoms with Gasteiger partial charge in [-0.15, -0.1) is 11.3 Å². The number of para-hydroxylation sites is 2. The van der Waals surface area contributed by atoms with E-state index in [1.54, 1.807) is 20.3 Å². The van der Waals surface area contributed by atoms with Crippen LogP contribution in [0.5, 0.6) is 11.5 Å². The lowest BCUT2D eigenvalue weighted by Crippen LogP contribution is -2.05. The molecule has 0 amide bonds. The average Bonchev–Trinajstić information content (AvgIpc) is 3.38. The highest BCUT2D eigenvalue weighted by atomic mass is 32.1. The summed E-state index contributed by atoms with van der Waals surface area (Å²) in [4.78, 5) is 20.0. The Morgan fingerprint density at radius 2 is 1.96 bits per heavy atom. The highest BCUT2D eigenvalue weighted by molar-refractivity contribution is 7.13. The highest BCUT2D eigenvalue weighted by Crippen LogP contribution is 2.39. The number of hydrogen-bond acceptors (Lipinski definition) is 6. The molecule has 6 nitrogen and oxygen atoms in total. The summed E-state index contributed by atoms with van der Waals surface area (Å²) in [5, 5.41) is 3.61. The number of nitrogens with zero attached hydrogens (tertiary/aromatic N) is 1. The van der Waals surface area contributed by atoms with Crippen molar-refractivity contribution in [2.75, 3.05) is 14.2 Å². The van der Waals surface area contributed by atoms with Gasteiger partial charge in [-0.3, -0.25) is 0 Å². The zero-order valence-electron chi connectivity index (χ0n) is 15.4. The van der Waals surface area contributed by atoms with Crippen LogP contribution >= 0.6 is 11.3 Å². The van der Waals surface area contributed by atoms with E-state index >= 15 is 0 Å². The van der Waals surface area contributed by atoms with Gasteiger partial charge in [-0.05, 0) is 24.3 Å². The van der Waals surface area contributed by atoms with Crippen LogP contribution in [-0.4, -0.2) is 30.2 Å². The fraction of sp³-hybridized carbons (Fsp3) is 0.143. The van der Waals surface area contributed by atoms with Crippen LogP contribution in [-0.2, 0) is 11.3 Å². The Hall–Kier alpha value is -3.32. The first-order valence-electron chi connectivity index (χ1n) is 8.60. The molecule has 2 heterocycles. The van der Waals surface area contributed by atoms with E-state index in [1.165, 1.54) is 11.3 Å². The number of hydrogen-bond donors (Lipinski definition) is 1. The minimum Gasteiger partial charge on any atom is -0.493 e. The fourth-order valence-corrected chi connectivity index (χ4v) is 3.78. The number of esters is 1. The smallest absolute Gasteiger partial charge is 0.355 e. The third kappa shape index (κ3) is 3.44. The lowest BCUT2D eigenvalue weighted by atomic mass is 10.2. The molecular formula is C21H18N2O4S. The van der Waals surface area contributed by atoms with Gasteiger partial charge in [0.2, 0.25) is 0 Å². The molecule has 0 aliphatic heterocycles. The van der Waals surface area contributed by atoms with Gasteiger partial charge >= 0.3 is 5.97 Å². The lowest BCUT2D eigenvalue weighted by molar-refractivity contribution is 0.0462. The van der Waals surface area contributed by atoms with Crippen LogP contribution in [0.2, 0.25) is 0 Å². The van der Waals surface area contributed by atoms with Crippen molar-refractivity contribution in [3.63, 3.8) is 0 Å². The largest absolute Gasteiger partial charge is 0.493 e. The van der Waals surface area contributed by atoms with Gasteiger partial charge in [0.1, 0.15) is 17.3 Å². The molecule has 142 valence electrons. The van der Waals surface area contributed by atoms with Crippen molar-refractivity contribution < 1.29 is 19.0 Å². The first kappa shape index (κ1) is 18.1. The summed E-state index contributed by atoms with van der Waals surface area (Å²) in [6, 6.07) is 15.1. The topological polar surface area (TPSA) is 73.4 Å². The van der Waals surface area contributed by atoms with Crippen molar-refractivity contribution in [2.45, 2.75) is 6.61 Å². The van der Waals surface area contributed by atoms with Gasteiger partial charge in [0.05, 0.1) is 25.5 Å². The van der Waals surface area contributed by atoms with E-state index in [-0.39, 0.29) is 6.61 Å². The summed E-state index contributed by atoms with van der Waals surface area (Å²) in [5.41, 5.74) is 2.83. The number of carbonyl (C=O) groups excluding carboxylic acids is 1. The van der Waals surface area contributed by atoms with Crippen LogP contribution in [0, 0.1) is 0 Å². The van der Waals surface area contributed by atoms with E-state index in [2.05, 4.69) is 9.97 Å². The number of nitrogens with one attached hydrogen (secondary N) is 1. The van der Waals surface area contributed by atoms with Crippen LogP contribution in [0.3, 0.4) is 0 Å². The Kier molecular flexibility index (Phi) is 4.99. The van der Waals surface area contributed by atoms with E-state index in [9.17, 15) is 4.79 Å². The van der Waals surface area contributed by atoms with Crippen LogP contribution < -0.4 is 9.47 Å². The summed E-state index contributed by atoms with van der Waals surface area (Å²) in [6.45, 7) is 0.0942. The second kappa shape index (κ2) is 7.74. The fourth-order valence-electron chi connectivity index (χ4n) is 2.95. The maximum Gasteiger partial charge on any atom is 0.355 e. The maximum absolute atomic E-state index is 12.3. The number of H-pyrrole nitrogens is 1. The third-order valence-corrected chi connectivity index (χ3v) is 5.21. The molecule has 7 heteroatoms. The molecule has 0 saturated heterocycles. The number of aromatic nitrogens is 2. The van der Waals surface area contributed by atoms with Crippen molar-refractivity contribution in [3.05, 3.63) is 65.3 Å². The Morgan fingerprint density at radius 1 is 1.11 bits per heavy atom. The van der Waals surface area contributed by atoms with Gasteiger partial charge in [0.15, 0.2) is 11.5 Å². The number of methoxy groups -OCH3 is 2. The molecule has 0 unspecified atom stereocenters. The van der Waals surface area contributed by atoms with Crippen LogP contribution in [0.1, 0.15) is 16.2 Å². The van der Waals surface area contributed by atoms with Crippen molar-refractivity contribution in [1.82, 2.24) is 9.97 Å². The van der Waals surface area contributed by atoms with Crippen molar-refractivity contribution in [3.8, 4) is 22.1 Å². The molecule has 0 bridgehead atoms. The minimum atomic E-state index is -0.412. The molecule has 0 spiro atoms. The SMILES string of the molecule is COc1cccc(-c2nc(COC(=O)c3cc4ccccc4[nH]3)cs2)c1OC. The second-order valence-electron chi connectivity index (χ2n) is 6.03. The standard InChI is InChI=1S/C21H18N2O4S/c1-25-18-9-5-7-15(19(18)26-2)20-22-14(12-28-20)11-27-21(24)17-10-13-6-3-4-8-16(13)23-17/h3-10,12,23H,11H2,1-2H3. The van der Waals surface area contributed by atoms with Gasteiger partial charge in [0, 0.05) is 16.3 Å². The van der Waals surface area contributed by atoms with E-state index in [0.717, 1.165) is 21.5 Å². The maximum atomic E-state index is 12.3. The molecule has 0 radical (unpaired) electrons. The van der Waals surface area contributed by atoms with Crippen LogP contribution in [0.4, 0.5) is 0 Å². The number of benzene rings is 2. The Morgan fingerprint density at radius 3 is 2.75 bits per heavy atom. The summed E-state index contributed by atoms with van der Waals surface area (Å²) in [7, 11) is 3.19. The number of aromatic amines is 1. The molecule has 2 aromatic carbocycles. The van der Waals surface area contributed by atoms with Gasteiger partial charge in [-0.1, -0.05) is 24.3 Å². The van der Waals surface area contributed by atoms with E-state index < -0.39 is 5.97 Å². The Labute approximate surface area is 165 Å². The molecule has 1 N–H and O–H groups in total. The summed E-state index contributed by atoms with van der Waals surface area (Å²) in [5.74, 6) is 0.854. The summed E-state index contributed by atoms with van der Waals surface area (Å²) in [6.07, 6.45) is 0. The summed E-state index contributed by atoms with van der Waals surface area (Å²) >= 11 is 1.46. The minimum absolute atomic E-state index is 0.0942. The monoisotopic (exact) mass is 394 g/mol. The molecule has 0 aliphatic rings. The van der Waals surface area contributed by atoms with E-state index in [1.807, 2.05) is 47.8 Å². The van der Waals surface area contributed by atoms with Gasteiger partial charge in [-0.25, -0.2) is 9.78 Å². The van der Waals surface area contributed by atoms with Crippen molar-refractivity contribution in [1.29, 1.82) is 0 Å². The third-order valence-electron chi connectivity index (χ3n) is 4.29. The molecule has 4 aromatic rings. The molecular weight excluding hydrogens is 376 g/mol. The predicted molar refractivity (Wildman–Crippen MR) is 108 cm³/mol. The van der Waals surface area contributed by atoms with Gasteiger partial charge < -0.3 is 19.2 Å². The predicted octanol–water partition coefficient (Wildman–Crippen LogP) is 4.67. The zero-order valence-corrected chi connectivity index (χ0v) is 16.2. The number of ether oxygens (including phenoxy) is 3. The molecule has 28 heavy (non-hydrogen) atoms. The second-order valence-corrected chi connectivity index (χ2v) is 6.89. The normalized spacial score (nSPS) is 10.8. The van der Waals surface area contributed by atoms with Crippen LogP contribution in [0.25, 0.3) is 21.5 Å². The molecule has 0 aliphatic carbocycles. The molecule has 4 rings (SSSR count). The highest BCUT2D eigenvalue weighted by Gasteiger charge is 2.16. The van der Waals surface area contributed by atoms with E-state index in [4.69, 9.17) is 14.2 Å². The van der Waals surface area contributed by atoms with Gasteiger partial charge in [-0.2, -0.15) is 0 Å². The molecule has 0 fully saturated rings. The number of fused-ring (bicyclic) bond motifs is 1. The zero-order chi connectivity index (χ0) is 19.5. The Balaban J connectivity index is 1.49. The summed E-state index contributed by atoms with van der Waals surface area (Å²) < 4.78 is 16.2.